The summed E-state index contributed by atoms with van der Waals surface area (Å²) in [5.41, 5.74) is 2.97. The average Bonchev–Trinajstić information content (AvgIpc) is 2.94. The van der Waals surface area contributed by atoms with Crippen molar-refractivity contribution in [3.05, 3.63) is 33.8 Å². The van der Waals surface area contributed by atoms with Gasteiger partial charge in [0, 0.05) is 9.89 Å². The highest BCUT2D eigenvalue weighted by molar-refractivity contribution is 9.10. The van der Waals surface area contributed by atoms with Gasteiger partial charge in [0.05, 0.1) is 6.10 Å². The Morgan fingerprint density at radius 3 is 2.86 bits per heavy atom. The molecule has 0 radical (unpaired) electrons. The summed E-state index contributed by atoms with van der Waals surface area (Å²) in [7, 11) is 0. The summed E-state index contributed by atoms with van der Waals surface area (Å²) < 4.78 is 1.14. The topological polar surface area (TPSA) is 20.2 Å². The van der Waals surface area contributed by atoms with Gasteiger partial charge in [0.25, 0.3) is 0 Å². The first kappa shape index (κ1) is 8.93. The van der Waals surface area contributed by atoms with Gasteiger partial charge in [-0.3, -0.25) is 0 Å². The third kappa shape index (κ3) is 1.10. The minimum atomic E-state index is -0.107. The minimum Gasteiger partial charge on any atom is -0.392 e. The number of rotatable bonds is 0. The molecule has 2 aliphatic carbocycles. The van der Waals surface area contributed by atoms with E-state index < -0.39 is 0 Å². The maximum atomic E-state index is 10.0. The van der Waals surface area contributed by atoms with Crippen LogP contribution in [0.25, 0.3) is 0 Å². The smallest absolute Gasteiger partial charge is 0.0640 e. The van der Waals surface area contributed by atoms with Crippen LogP contribution in [0.2, 0.25) is 0 Å². The summed E-state index contributed by atoms with van der Waals surface area (Å²) in [4.78, 5) is 0. The maximum absolute atomic E-state index is 10.0. The van der Waals surface area contributed by atoms with E-state index in [4.69, 9.17) is 0 Å². The van der Waals surface area contributed by atoms with Crippen molar-refractivity contribution in [2.24, 2.45) is 0 Å². The fourth-order valence-electron chi connectivity index (χ4n) is 2.72. The number of aliphatic hydroxyl groups excluding tert-OH is 1. The van der Waals surface area contributed by atoms with Gasteiger partial charge >= 0.3 is 0 Å². The molecule has 14 heavy (non-hydrogen) atoms. The predicted octanol–water partition coefficient (Wildman–Crippen LogP) is 2.79. The third-order valence-electron chi connectivity index (χ3n) is 3.72. The van der Waals surface area contributed by atoms with Gasteiger partial charge in [-0.15, -0.1) is 0 Å². The largest absolute Gasteiger partial charge is 0.392 e. The second-order valence-electron chi connectivity index (χ2n) is 4.51. The summed E-state index contributed by atoms with van der Waals surface area (Å²) in [6.07, 6.45) is 4.19. The molecule has 1 fully saturated rings. The van der Waals surface area contributed by atoms with Crippen molar-refractivity contribution in [1.82, 2.24) is 0 Å². The van der Waals surface area contributed by atoms with Crippen LogP contribution in [-0.4, -0.2) is 11.2 Å². The zero-order chi connectivity index (χ0) is 9.76. The molecule has 0 aliphatic heterocycles. The zero-order valence-corrected chi connectivity index (χ0v) is 9.55. The van der Waals surface area contributed by atoms with Crippen molar-refractivity contribution in [1.29, 1.82) is 0 Å². The van der Waals surface area contributed by atoms with E-state index in [2.05, 4.69) is 34.1 Å². The van der Waals surface area contributed by atoms with E-state index in [1.165, 1.54) is 11.1 Å². The van der Waals surface area contributed by atoms with Crippen molar-refractivity contribution >= 4 is 15.9 Å². The maximum Gasteiger partial charge on any atom is 0.0640 e. The number of benzene rings is 1. The van der Waals surface area contributed by atoms with Crippen molar-refractivity contribution in [2.45, 2.75) is 37.2 Å². The minimum absolute atomic E-state index is 0.107. The van der Waals surface area contributed by atoms with Crippen LogP contribution in [-0.2, 0) is 11.8 Å². The molecule has 1 atom stereocenters. The lowest BCUT2D eigenvalue weighted by molar-refractivity contribution is 0.114. The molecule has 1 spiro atoms. The highest BCUT2D eigenvalue weighted by Gasteiger charge is 2.52. The van der Waals surface area contributed by atoms with Gasteiger partial charge in [0.2, 0.25) is 0 Å². The number of aryl methyl sites for hydroxylation is 1. The quantitative estimate of drug-likeness (QED) is 0.753. The molecule has 0 heterocycles. The van der Waals surface area contributed by atoms with Gasteiger partial charge in [-0.05, 0) is 48.9 Å². The van der Waals surface area contributed by atoms with Crippen molar-refractivity contribution in [3.63, 3.8) is 0 Å². The summed E-state index contributed by atoms with van der Waals surface area (Å²) in [6.45, 7) is 0. The van der Waals surface area contributed by atoms with Crippen LogP contribution in [0.5, 0.6) is 0 Å². The Kier molecular flexibility index (Phi) is 1.80. The number of fused-ring (bicyclic) bond motifs is 2. The van der Waals surface area contributed by atoms with Gasteiger partial charge in [-0.2, -0.15) is 0 Å². The molecule has 1 nitrogen and oxygen atoms in total. The Morgan fingerprint density at radius 1 is 1.36 bits per heavy atom. The fraction of sp³-hybridized carbons (Fsp3) is 0.500. The van der Waals surface area contributed by atoms with Gasteiger partial charge in [0.15, 0.2) is 0 Å². The lowest BCUT2D eigenvalue weighted by Crippen LogP contribution is -2.31. The Bertz CT molecular complexity index is 382. The molecular formula is C12H13BrO. The SMILES string of the molecule is OC1CCc2ccc(Br)cc2C12CC2. The van der Waals surface area contributed by atoms with Crippen molar-refractivity contribution in [2.75, 3.05) is 0 Å². The molecular weight excluding hydrogens is 240 g/mol. The second-order valence-corrected chi connectivity index (χ2v) is 5.43. The van der Waals surface area contributed by atoms with Crippen LogP contribution in [0.15, 0.2) is 22.7 Å². The highest BCUT2D eigenvalue weighted by Crippen LogP contribution is 2.55. The summed E-state index contributed by atoms with van der Waals surface area (Å²) in [5.74, 6) is 0. The third-order valence-corrected chi connectivity index (χ3v) is 4.22. The first-order valence-corrected chi connectivity index (χ1v) is 5.99. The Morgan fingerprint density at radius 2 is 2.14 bits per heavy atom. The van der Waals surface area contributed by atoms with Crippen LogP contribution in [0.4, 0.5) is 0 Å². The number of hydrogen-bond acceptors (Lipinski definition) is 1. The summed E-state index contributed by atoms with van der Waals surface area (Å²) in [6, 6.07) is 6.50. The van der Waals surface area contributed by atoms with Crippen LogP contribution in [0.1, 0.15) is 30.4 Å². The Labute approximate surface area is 92.3 Å². The first-order chi connectivity index (χ1) is 6.72. The van der Waals surface area contributed by atoms with Crippen LogP contribution < -0.4 is 0 Å². The fourth-order valence-corrected chi connectivity index (χ4v) is 3.08. The summed E-state index contributed by atoms with van der Waals surface area (Å²) in [5, 5.41) is 10.0. The Hall–Kier alpha value is -0.340. The van der Waals surface area contributed by atoms with E-state index in [0.29, 0.717) is 0 Å². The number of aliphatic hydroxyl groups is 1. The van der Waals surface area contributed by atoms with Crippen molar-refractivity contribution < 1.29 is 5.11 Å². The predicted molar refractivity (Wildman–Crippen MR) is 59.4 cm³/mol. The van der Waals surface area contributed by atoms with Crippen LogP contribution in [0, 0.1) is 0 Å². The van der Waals surface area contributed by atoms with Gasteiger partial charge in [-0.25, -0.2) is 0 Å². The molecule has 3 rings (SSSR count). The lowest BCUT2D eigenvalue weighted by atomic mass is 9.78. The molecule has 1 saturated carbocycles. The first-order valence-electron chi connectivity index (χ1n) is 5.19. The molecule has 0 aromatic heterocycles. The van der Waals surface area contributed by atoms with E-state index in [9.17, 15) is 5.11 Å². The average molecular weight is 253 g/mol. The van der Waals surface area contributed by atoms with Crippen LogP contribution >= 0.6 is 15.9 Å². The van der Waals surface area contributed by atoms with Gasteiger partial charge < -0.3 is 5.11 Å². The lowest BCUT2D eigenvalue weighted by Gasteiger charge is -2.30. The molecule has 1 aromatic rings. The molecule has 2 heteroatoms. The molecule has 0 saturated heterocycles. The zero-order valence-electron chi connectivity index (χ0n) is 7.96. The molecule has 1 unspecified atom stereocenters. The van der Waals surface area contributed by atoms with Gasteiger partial charge in [0.1, 0.15) is 0 Å². The molecule has 74 valence electrons. The molecule has 1 aromatic carbocycles. The normalized spacial score (nSPS) is 27.4. The van der Waals surface area contributed by atoms with E-state index in [1.807, 2.05) is 0 Å². The Balaban J connectivity index is 2.16. The highest BCUT2D eigenvalue weighted by atomic mass is 79.9. The number of halogens is 1. The van der Waals surface area contributed by atoms with Crippen LogP contribution in [0.3, 0.4) is 0 Å². The number of hydrogen-bond donors (Lipinski definition) is 1. The molecule has 0 bridgehead atoms. The van der Waals surface area contributed by atoms with E-state index in [1.54, 1.807) is 0 Å². The standard InChI is InChI=1S/C12H13BrO/c13-9-3-1-8-2-4-11(14)12(5-6-12)10(8)7-9/h1,3,7,11,14H,2,4-6H2. The summed E-state index contributed by atoms with van der Waals surface area (Å²) >= 11 is 3.51. The van der Waals surface area contributed by atoms with E-state index >= 15 is 0 Å². The van der Waals surface area contributed by atoms with Crippen molar-refractivity contribution in [3.8, 4) is 0 Å². The molecule has 2 aliphatic rings. The van der Waals surface area contributed by atoms with Gasteiger partial charge in [-0.1, -0.05) is 22.0 Å². The van der Waals surface area contributed by atoms with E-state index in [-0.39, 0.29) is 11.5 Å². The molecule has 1 N–H and O–H groups in total. The molecule has 0 amide bonds. The second kappa shape index (κ2) is 2.83. The monoisotopic (exact) mass is 252 g/mol. The van der Waals surface area contributed by atoms with E-state index in [0.717, 1.165) is 30.2 Å².